The molecule has 1 heterocycles. The van der Waals surface area contributed by atoms with Gasteiger partial charge in [-0.1, -0.05) is 6.07 Å². The first-order valence-electron chi connectivity index (χ1n) is 10.2. The third-order valence-electron chi connectivity index (χ3n) is 4.23. The molecule has 2 rings (SSSR count). The summed E-state index contributed by atoms with van der Waals surface area (Å²) in [6.07, 6.45) is 0.903. The molecule has 0 aliphatic rings. The Kier molecular flexibility index (Phi) is 9.37. The standard InChI is InChI=1S/C21H31F2N5O2/c1-5-24-21(25-10-7-11-28-16(4)12-15(3)27-28)26-14-17-8-9-18(30-20(22)23)19(13-17)29-6-2/h8-9,12-13,20H,5-7,10-11,14H2,1-4H3,(H2,24,25,26). The van der Waals surface area contributed by atoms with Crippen molar-refractivity contribution in [2.24, 2.45) is 4.99 Å². The lowest BCUT2D eigenvalue weighted by Gasteiger charge is -2.13. The molecule has 0 aliphatic carbocycles. The van der Waals surface area contributed by atoms with Crippen LogP contribution in [-0.2, 0) is 13.1 Å². The normalized spacial score (nSPS) is 11.6. The fraction of sp³-hybridized carbons (Fsp3) is 0.524. The second kappa shape index (κ2) is 12.0. The highest BCUT2D eigenvalue weighted by atomic mass is 19.3. The molecule has 0 radical (unpaired) electrons. The van der Waals surface area contributed by atoms with Gasteiger partial charge in [-0.25, -0.2) is 4.99 Å². The van der Waals surface area contributed by atoms with E-state index in [1.165, 1.54) is 6.07 Å². The topological polar surface area (TPSA) is 72.7 Å². The zero-order valence-corrected chi connectivity index (χ0v) is 18.0. The predicted molar refractivity (Wildman–Crippen MR) is 113 cm³/mol. The first kappa shape index (κ1) is 23.4. The number of hydrogen-bond donors (Lipinski definition) is 2. The highest BCUT2D eigenvalue weighted by Gasteiger charge is 2.11. The number of nitrogens with zero attached hydrogens (tertiary/aromatic N) is 3. The van der Waals surface area contributed by atoms with Crippen LogP contribution < -0.4 is 20.1 Å². The van der Waals surface area contributed by atoms with Crippen molar-refractivity contribution in [2.45, 2.75) is 53.8 Å². The van der Waals surface area contributed by atoms with Gasteiger partial charge in [-0.15, -0.1) is 0 Å². The molecule has 0 saturated carbocycles. The summed E-state index contributed by atoms with van der Waals surface area (Å²) < 4.78 is 37.0. The maximum atomic E-state index is 12.5. The van der Waals surface area contributed by atoms with E-state index in [0.29, 0.717) is 19.1 Å². The van der Waals surface area contributed by atoms with Crippen molar-refractivity contribution in [3.63, 3.8) is 0 Å². The van der Waals surface area contributed by atoms with Crippen LogP contribution in [0.15, 0.2) is 29.3 Å². The summed E-state index contributed by atoms with van der Waals surface area (Å²) in [6.45, 7) is 7.96. The largest absolute Gasteiger partial charge is 0.490 e. The van der Waals surface area contributed by atoms with E-state index in [9.17, 15) is 8.78 Å². The number of halogens is 2. The SMILES string of the molecule is CCNC(=NCc1ccc(OC(F)F)c(OCC)c1)NCCCn1nc(C)cc1C. The fourth-order valence-electron chi connectivity index (χ4n) is 2.96. The molecule has 0 atom stereocenters. The van der Waals surface area contributed by atoms with Gasteiger partial charge in [-0.3, -0.25) is 4.68 Å². The van der Waals surface area contributed by atoms with Gasteiger partial charge in [0.25, 0.3) is 0 Å². The Morgan fingerprint density at radius 1 is 1.17 bits per heavy atom. The Balaban J connectivity index is 1.94. The quantitative estimate of drug-likeness (QED) is 0.328. The first-order valence-corrected chi connectivity index (χ1v) is 10.2. The molecule has 0 fully saturated rings. The molecule has 0 bridgehead atoms. The summed E-state index contributed by atoms with van der Waals surface area (Å²) in [6, 6.07) is 6.93. The van der Waals surface area contributed by atoms with Crippen LogP contribution in [-0.4, -0.2) is 42.0 Å². The minimum absolute atomic E-state index is 0.0220. The van der Waals surface area contributed by atoms with Gasteiger partial charge in [0.15, 0.2) is 17.5 Å². The summed E-state index contributed by atoms with van der Waals surface area (Å²) in [5.74, 6) is 0.999. The van der Waals surface area contributed by atoms with Crippen molar-refractivity contribution in [3.05, 3.63) is 41.2 Å². The van der Waals surface area contributed by atoms with Crippen molar-refractivity contribution < 1.29 is 18.3 Å². The smallest absolute Gasteiger partial charge is 0.387 e. The molecular formula is C21H31F2N5O2. The lowest BCUT2D eigenvalue weighted by molar-refractivity contribution is -0.0514. The number of ether oxygens (including phenoxy) is 2. The zero-order chi connectivity index (χ0) is 21.9. The number of nitrogens with one attached hydrogen (secondary N) is 2. The Hall–Kier alpha value is -2.84. The predicted octanol–water partition coefficient (Wildman–Crippen LogP) is 3.65. The lowest BCUT2D eigenvalue weighted by Crippen LogP contribution is -2.38. The third-order valence-corrected chi connectivity index (χ3v) is 4.23. The van der Waals surface area contributed by atoms with E-state index < -0.39 is 6.61 Å². The highest BCUT2D eigenvalue weighted by molar-refractivity contribution is 5.79. The number of aliphatic imine (C=N–C) groups is 1. The molecular weight excluding hydrogens is 392 g/mol. The van der Waals surface area contributed by atoms with E-state index >= 15 is 0 Å². The first-order chi connectivity index (χ1) is 14.4. The van der Waals surface area contributed by atoms with Gasteiger partial charge in [-0.2, -0.15) is 13.9 Å². The van der Waals surface area contributed by atoms with E-state index in [1.54, 1.807) is 19.1 Å². The maximum absolute atomic E-state index is 12.5. The molecule has 2 aromatic rings. The van der Waals surface area contributed by atoms with E-state index in [4.69, 9.17) is 4.74 Å². The molecule has 9 heteroatoms. The van der Waals surface area contributed by atoms with Gasteiger partial charge in [-0.05, 0) is 57.9 Å². The average Bonchev–Trinajstić information content (AvgIpc) is 3.01. The highest BCUT2D eigenvalue weighted by Crippen LogP contribution is 2.30. The summed E-state index contributed by atoms with van der Waals surface area (Å²) in [7, 11) is 0. The number of hydrogen-bond acceptors (Lipinski definition) is 4. The lowest BCUT2D eigenvalue weighted by atomic mass is 10.2. The van der Waals surface area contributed by atoms with Crippen molar-refractivity contribution >= 4 is 5.96 Å². The second-order valence-electron chi connectivity index (χ2n) is 6.72. The van der Waals surface area contributed by atoms with Crippen molar-refractivity contribution in [1.82, 2.24) is 20.4 Å². The zero-order valence-electron chi connectivity index (χ0n) is 18.0. The summed E-state index contributed by atoms with van der Waals surface area (Å²) in [5, 5.41) is 11.0. The van der Waals surface area contributed by atoms with Crippen LogP contribution in [0.2, 0.25) is 0 Å². The molecule has 1 aromatic carbocycles. The van der Waals surface area contributed by atoms with Crippen LogP contribution in [0.1, 0.15) is 37.2 Å². The third kappa shape index (κ3) is 7.53. The van der Waals surface area contributed by atoms with Gasteiger partial charge in [0.05, 0.1) is 18.8 Å². The monoisotopic (exact) mass is 423 g/mol. The second-order valence-corrected chi connectivity index (χ2v) is 6.72. The van der Waals surface area contributed by atoms with Crippen LogP contribution in [0.4, 0.5) is 8.78 Å². The van der Waals surface area contributed by atoms with Gasteiger partial charge < -0.3 is 20.1 Å². The number of benzene rings is 1. The van der Waals surface area contributed by atoms with Crippen LogP contribution >= 0.6 is 0 Å². The van der Waals surface area contributed by atoms with Crippen molar-refractivity contribution in [2.75, 3.05) is 19.7 Å². The molecule has 1 aromatic heterocycles. The molecule has 7 nitrogen and oxygen atoms in total. The molecule has 0 amide bonds. The van der Waals surface area contributed by atoms with E-state index in [0.717, 1.165) is 43.0 Å². The van der Waals surface area contributed by atoms with E-state index in [2.05, 4.69) is 31.5 Å². The minimum atomic E-state index is -2.90. The maximum Gasteiger partial charge on any atom is 0.387 e. The Morgan fingerprint density at radius 2 is 1.97 bits per heavy atom. The van der Waals surface area contributed by atoms with Crippen molar-refractivity contribution in [1.29, 1.82) is 0 Å². The van der Waals surface area contributed by atoms with Gasteiger partial charge in [0.1, 0.15) is 0 Å². The summed E-state index contributed by atoms with van der Waals surface area (Å²) in [5.41, 5.74) is 3.00. The molecule has 0 aliphatic heterocycles. The number of aromatic nitrogens is 2. The number of alkyl halides is 2. The van der Waals surface area contributed by atoms with Crippen LogP contribution in [0.5, 0.6) is 11.5 Å². The molecule has 166 valence electrons. The fourth-order valence-corrected chi connectivity index (χ4v) is 2.96. The molecule has 0 spiro atoms. The molecule has 30 heavy (non-hydrogen) atoms. The van der Waals surface area contributed by atoms with Gasteiger partial charge in [0, 0.05) is 25.3 Å². The molecule has 0 saturated heterocycles. The summed E-state index contributed by atoms with van der Waals surface area (Å²) in [4.78, 5) is 4.57. The van der Waals surface area contributed by atoms with E-state index in [-0.39, 0.29) is 11.5 Å². The van der Waals surface area contributed by atoms with Crippen LogP contribution in [0.25, 0.3) is 0 Å². The average molecular weight is 424 g/mol. The van der Waals surface area contributed by atoms with Crippen LogP contribution in [0.3, 0.4) is 0 Å². The Bertz CT molecular complexity index is 824. The number of guanidine groups is 1. The van der Waals surface area contributed by atoms with Gasteiger partial charge >= 0.3 is 6.61 Å². The van der Waals surface area contributed by atoms with Gasteiger partial charge in [0.2, 0.25) is 0 Å². The molecule has 0 unspecified atom stereocenters. The summed E-state index contributed by atoms with van der Waals surface area (Å²) >= 11 is 0. The van der Waals surface area contributed by atoms with E-state index in [1.807, 2.05) is 25.5 Å². The molecule has 2 N–H and O–H groups in total. The Labute approximate surface area is 176 Å². The number of rotatable bonds is 11. The van der Waals surface area contributed by atoms with Crippen LogP contribution in [0, 0.1) is 13.8 Å². The number of aryl methyl sites for hydroxylation is 3. The Morgan fingerprint density at radius 3 is 2.60 bits per heavy atom. The van der Waals surface area contributed by atoms with Crippen molar-refractivity contribution in [3.8, 4) is 11.5 Å². The minimum Gasteiger partial charge on any atom is -0.490 e.